The Morgan fingerprint density at radius 2 is 2.30 bits per heavy atom. The van der Waals surface area contributed by atoms with E-state index < -0.39 is 0 Å². The van der Waals surface area contributed by atoms with Crippen LogP contribution in [0, 0.1) is 5.92 Å². The summed E-state index contributed by atoms with van der Waals surface area (Å²) in [5, 5.41) is 7.16. The molecule has 0 spiro atoms. The summed E-state index contributed by atoms with van der Waals surface area (Å²) in [4.78, 5) is 11.9. The number of nitrogens with one attached hydrogen (secondary N) is 2. The van der Waals surface area contributed by atoms with Gasteiger partial charge < -0.3 is 10.6 Å². The number of hydrogen-bond donors (Lipinski definition) is 2. The number of hydrogen-bond acceptors (Lipinski definition) is 2. The summed E-state index contributed by atoms with van der Waals surface area (Å²) in [6.45, 7) is 4.18. The molecule has 2 rings (SSSR count). The fourth-order valence-electron chi connectivity index (χ4n) is 2.69. The maximum absolute atomic E-state index is 11.9. The normalized spacial score (nSPS) is 19.8. The number of carbonyl (C=O) groups excluding carboxylic acids is 1. The number of amides is 1. The molecule has 1 fully saturated rings. The average Bonchev–Trinajstić information content (AvgIpc) is 2.92. The van der Waals surface area contributed by atoms with E-state index in [1.165, 1.54) is 6.42 Å². The molecule has 110 valence electrons. The van der Waals surface area contributed by atoms with Crippen LogP contribution in [0.5, 0.6) is 0 Å². The second kappa shape index (κ2) is 7.65. The Balaban J connectivity index is 1.72. The van der Waals surface area contributed by atoms with Crippen LogP contribution in [0.15, 0.2) is 24.3 Å². The highest BCUT2D eigenvalue weighted by Crippen LogP contribution is 2.17. The smallest absolute Gasteiger partial charge is 0.220 e. The van der Waals surface area contributed by atoms with Crippen molar-refractivity contribution in [3.8, 4) is 0 Å². The number of halogens is 1. The molecule has 1 amide bonds. The molecule has 4 heteroatoms. The summed E-state index contributed by atoms with van der Waals surface area (Å²) in [6.07, 6.45) is 3.58. The highest BCUT2D eigenvalue weighted by atomic mass is 35.5. The van der Waals surface area contributed by atoms with E-state index in [4.69, 9.17) is 11.6 Å². The molecule has 1 aliphatic rings. The molecular weight excluding hydrogens is 272 g/mol. The molecule has 3 nitrogen and oxygen atoms in total. The molecule has 1 aromatic rings. The van der Waals surface area contributed by atoms with Gasteiger partial charge in [0.1, 0.15) is 0 Å². The third-order valence-corrected chi connectivity index (χ3v) is 4.20. The van der Waals surface area contributed by atoms with Crippen molar-refractivity contribution in [1.29, 1.82) is 0 Å². The van der Waals surface area contributed by atoms with Gasteiger partial charge in [-0.2, -0.15) is 0 Å². The number of rotatable bonds is 6. The molecule has 0 bridgehead atoms. The summed E-state index contributed by atoms with van der Waals surface area (Å²) >= 11 is 6.13. The van der Waals surface area contributed by atoms with Gasteiger partial charge in [0.15, 0.2) is 0 Å². The maximum Gasteiger partial charge on any atom is 0.220 e. The molecule has 2 atom stereocenters. The lowest BCUT2D eigenvalue weighted by atomic mass is 10.0. The second-order valence-corrected chi connectivity index (χ2v) is 6.07. The molecule has 0 aromatic heterocycles. The van der Waals surface area contributed by atoms with Crippen molar-refractivity contribution in [1.82, 2.24) is 10.6 Å². The number of benzene rings is 1. The predicted molar refractivity (Wildman–Crippen MR) is 83.0 cm³/mol. The van der Waals surface area contributed by atoms with Gasteiger partial charge in [-0.25, -0.2) is 0 Å². The lowest BCUT2D eigenvalue weighted by Gasteiger charge is -2.15. The van der Waals surface area contributed by atoms with Crippen molar-refractivity contribution >= 4 is 17.5 Å². The van der Waals surface area contributed by atoms with Gasteiger partial charge in [-0.05, 0) is 56.8 Å². The van der Waals surface area contributed by atoms with Gasteiger partial charge in [0.25, 0.3) is 0 Å². The first-order valence-corrected chi connectivity index (χ1v) is 7.76. The summed E-state index contributed by atoms with van der Waals surface area (Å²) in [6, 6.07) is 7.91. The Kier molecular flexibility index (Phi) is 5.86. The van der Waals surface area contributed by atoms with Crippen molar-refractivity contribution in [3.63, 3.8) is 0 Å². The standard InChI is InChI=1S/C16H23ClN2O/c1-12(10-14-4-2-3-5-15(14)17)19-16(20)7-6-13-8-9-18-11-13/h2-5,12-13,18H,6-11H2,1H3,(H,19,20). The maximum atomic E-state index is 11.9. The first-order valence-electron chi connectivity index (χ1n) is 7.38. The first kappa shape index (κ1) is 15.3. The summed E-state index contributed by atoms with van der Waals surface area (Å²) in [5.74, 6) is 0.816. The Morgan fingerprint density at radius 3 is 3.00 bits per heavy atom. The molecular formula is C16H23ClN2O. The lowest BCUT2D eigenvalue weighted by Crippen LogP contribution is -2.34. The molecule has 2 N–H and O–H groups in total. The Morgan fingerprint density at radius 1 is 1.50 bits per heavy atom. The van der Waals surface area contributed by atoms with Crippen LogP contribution >= 0.6 is 11.6 Å². The zero-order valence-electron chi connectivity index (χ0n) is 12.0. The summed E-state index contributed by atoms with van der Waals surface area (Å²) in [7, 11) is 0. The highest BCUT2D eigenvalue weighted by molar-refractivity contribution is 6.31. The summed E-state index contributed by atoms with van der Waals surface area (Å²) in [5.41, 5.74) is 1.09. The van der Waals surface area contributed by atoms with Crippen LogP contribution in [0.3, 0.4) is 0 Å². The van der Waals surface area contributed by atoms with Crippen LogP contribution in [0.4, 0.5) is 0 Å². The van der Waals surface area contributed by atoms with Crippen LogP contribution in [-0.2, 0) is 11.2 Å². The van der Waals surface area contributed by atoms with Gasteiger partial charge in [0.05, 0.1) is 0 Å². The SMILES string of the molecule is CC(Cc1ccccc1Cl)NC(=O)CCC1CCNC1. The molecule has 1 saturated heterocycles. The third kappa shape index (κ3) is 4.80. The van der Waals surface area contributed by atoms with Gasteiger partial charge in [0.2, 0.25) is 5.91 Å². The molecule has 1 aromatic carbocycles. The largest absolute Gasteiger partial charge is 0.353 e. The molecule has 1 aliphatic heterocycles. The van der Waals surface area contributed by atoms with Gasteiger partial charge >= 0.3 is 0 Å². The van der Waals surface area contributed by atoms with E-state index in [2.05, 4.69) is 10.6 Å². The van der Waals surface area contributed by atoms with Gasteiger partial charge in [0, 0.05) is 17.5 Å². The minimum atomic E-state index is 0.115. The van der Waals surface area contributed by atoms with Crippen molar-refractivity contribution < 1.29 is 4.79 Å². The topological polar surface area (TPSA) is 41.1 Å². The Bertz CT molecular complexity index is 444. The van der Waals surface area contributed by atoms with E-state index in [0.717, 1.165) is 36.5 Å². The second-order valence-electron chi connectivity index (χ2n) is 5.66. The third-order valence-electron chi connectivity index (χ3n) is 3.83. The van der Waals surface area contributed by atoms with E-state index in [9.17, 15) is 4.79 Å². The molecule has 0 radical (unpaired) electrons. The van der Waals surface area contributed by atoms with Gasteiger partial charge in [-0.1, -0.05) is 29.8 Å². The lowest BCUT2D eigenvalue weighted by molar-refractivity contribution is -0.121. The van der Waals surface area contributed by atoms with Crippen molar-refractivity contribution in [3.05, 3.63) is 34.9 Å². The van der Waals surface area contributed by atoms with Crippen LogP contribution in [0.2, 0.25) is 5.02 Å². The predicted octanol–water partition coefficient (Wildman–Crippen LogP) is 2.78. The molecule has 20 heavy (non-hydrogen) atoms. The number of carbonyl (C=O) groups is 1. The zero-order chi connectivity index (χ0) is 14.4. The van der Waals surface area contributed by atoms with E-state index in [0.29, 0.717) is 12.3 Å². The summed E-state index contributed by atoms with van der Waals surface area (Å²) < 4.78 is 0. The van der Waals surface area contributed by atoms with Crippen LogP contribution in [-0.4, -0.2) is 25.0 Å². The highest BCUT2D eigenvalue weighted by Gasteiger charge is 2.16. The minimum Gasteiger partial charge on any atom is -0.353 e. The van der Waals surface area contributed by atoms with Crippen molar-refractivity contribution in [2.45, 2.75) is 38.6 Å². The quantitative estimate of drug-likeness (QED) is 0.847. The fraction of sp³-hybridized carbons (Fsp3) is 0.562. The monoisotopic (exact) mass is 294 g/mol. The molecule has 1 heterocycles. The molecule has 0 aliphatic carbocycles. The first-order chi connectivity index (χ1) is 9.65. The Hall–Kier alpha value is -1.06. The zero-order valence-corrected chi connectivity index (χ0v) is 12.7. The molecule has 2 unspecified atom stereocenters. The van der Waals surface area contributed by atoms with Crippen LogP contribution in [0.25, 0.3) is 0 Å². The van der Waals surface area contributed by atoms with Crippen LogP contribution in [0.1, 0.15) is 31.7 Å². The van der Waals surface area contributed by atoms with E-state index in [1.807, 2.05) is 31.2 Å². The van der Waals surface area contributed by atoms with Gasteiger partial charge in [-0.3, -0.25) is 4.79 Å². The van der Waals surface area contributed by atoms with Crippen molar-refractivity contribution in [2.75, 3.05) is 13.1 Å². The van der Waals surface area contributed by atoms with E-state index in [1.54, 1.807) is 0 Å². The van der Waals surface area contributed by atoms with E-state index >= 15 is 0 Å². The fourth-order valence-corrected chi connectivity index (χ4v) is 2.90. The van der Waals surface area contributed by atoms with Crippen molar-refractivity contribution in [2.24, 2.45) is 5.92 Å². The molecule has 0 saturated carbocycles. The minimum absolute atomic E-state index is 0.115. The van der Waals surface area contributed by atoms with E-state index in [-0.39, 0.29) is 11.9 Å². The Labute approximate surface area is 126 Å². The van der Waals surface area contributed by atoms with Gasteiger partial charge in [-0.15, -0.1) is 0 Å². The average molecular weight is 295 g/mol. The van der Waals surface area contributed by atoms with Crippen LogP contribution < -0.4 is 10.6 Å².